The van der Waals surface area contributed by atoms with E-state index in [0.29, 0.717) is 30.6 Å². The fourth-order valence-electron chi connectivity index (χ4n) is 2.90. The van der Waals surface area contributed by atoms with Crippen molar-refractivity contribution in [2.24, 2.45) is 0 Å². The van der Waals surface area contributed by atoms with E-state index >= 15 is 0 Å². The number of nitrogens with zero attached hydrogens (tertiary/aromatic N) is 3. The third-order valence-corrected chi connectivity index (χ3v) is 5.60. The molecular weight excluding hydrogens is 394 g/mol. The molecule has 0 atom stereocenters. The van der Waals surface area contributed by atoms with Crippen LogP contribution >= 0.6 is 22.9 Å². The van der Waals surface area contributed by atoms with Gasteiger partial charge >= 0.3 is 0 Å². The summed E-state index contributed by atoms with van der Waals surface area (Å²) >= 11 is 7.39. The van der Waals surface area contributed by atoms with E-state index in [1.807, 2.05) is 40.6 Å². The Kier molecular flexibility index (Phi) is 5.88. The molecule has 0 spiro atoms. The summed E-state index contributed by atoms with van der Waals surface area (Å²) in [4.78, 5) is 23.7. The van der Waals surface area contributed by atoms with E-state index in [1.54, 1.807) is 18.3 Å². The van der Waals surface area contributed by atoms with Crippen LogP contribution in [0.3, 0.4) is 0 Å². The number of benzene rings is 1. The summed E-state index contributed by atoms with van der Waals surface area (Å²) in [5.41, 5.74) is 1.70. The molecule has 5 nitrogen and oxygen atoms in total. The van der Waals surface area contributed by atoms with Gasteiger partial charge in [0.15, 0.2) is 0 Å². The second kappa shape index (κ2) is 8.71. The Morgan fingerprint density at radius 3 is 2.71 bits per heavy atom. The van der Waals surface area contributed by atoms with Gasteiger partial charge in [-0.3, -0.25) is 9.78 Å². The Labute approximate surface area is 173 Å². The molecule has 28 heavy (non-hydrogen) atoms. The minimum absolute atomic E-state index is 0.101. The van der Waals surface area contributed by atoms with E-state index in [9.17, 15) is 4.79 Å². The highest BCUT2D eigenvalue weighted by Gasteiger charge is 2.32. The van der Waals surface area contributed by atoms with Crippen LogP contribution in [-0.4, -0.2) is 26.8 Å². The van der Waals surface area contributed by atoms with E-state index in [1.165, 1.54) is 11.3 Å². The molecular formula is C21H20ClN3O2S. The summed E-state index contributed by atoms with van der Waals surface area (Å²) in [6.45, 7) is 0.932. The first-order valence-corrected chi connectivity index (χ1v) is 10.4. The molecule has 2 heterocycles. The number of thiazole rings is 1. The van der Waals surface area contributed by atoms with E-state index in [2.05, 4.69) is 9.97 Å². The number of ether oxygens (including phenoxy) is 1. The highest BCUT2D eigenvalue weighted by molar-refractivity contribution is 7.09. The van der Waals surface area contributed by atoms with Gasteiger partial charge in [-0.05, 0) is 49.2 Å². The molecule has 1 aliphatic carbocycles. The maximum absolute atomic E-state index is 12.8. The Morgan fingerprint density at radius 2 is 2.00 bits per heavy atom. The van der Waals surface area contributed by atoms with Crippen molar-refractivity contribution in [3.8, 4) is 5.75 Å². The Bertz CT molecular complexity index is 926. The standard InChI is InChI=1S/C21H20ClN3O2S/c22-15-4-8-19(9-5-15)27-13-20-24-17(14-28-20)11-21(26)25(18-6-7-18)12-16-3-1-2-10-23-16/h1-5,8-10,14,18H,6-7,11-13H2. The summed E-state index contributed by atoms with van der Waals surface area (Å²) in [6.07, 6.45) is 4.20. The molecule has 0 saturated heterocycles. The first kappa shape index (κ1) is 18.9. The number of hydrogen-bond donors (Lipinski definition) is 0. The number of aromatic nitrogens is 2. The molecule has 0 aliphatic heterocycles. The second-order valence-corrected chi connectivity index (χ2v) is 8.10. The van der Waals surface area contributed by atoms with Gasteiger partial charge in [0.2, 0.25) is 5.91 Å². The zero-order valence-electron chi connectivity index (χ0n) is 15.3. The Hall–Kier alpha value is -2.44. The van der Waals surface area contributed by atoms with E-state index in [0.717, 1.165) is 35.0 Å². The maximum Gasteiger partial charge on any atom is 0.229 e. The van der Waals surface area contributed by atoms with Gasteiger partial charge in [0, 0.05) is 22.6 Å². The number of pyridine rings is 1. The molecule has 4 rings (SSSR count). The number of hydrogen-bond acceptors (Lipinski definition) is 5. The predicted octanol–water partition coefficient (Wildman–Crippen LogP) is 4.50. The molecule has 0 radical (unpaired) electrons. The third-order valence-electron chi connectivity index (χ3n) is 4.47. The second-order valence-electron chi connectivity index (χ2n) is 6.73. The van der Waals surface area contributed by atoms with Gasteiger partial charge in [0.1, 0.15) is 17.4 Å². The van der Waals surface area contributed by atoms with Gasteiger partial charge in [0.05, 0.1) is 24.4 Å². The smallest absolute Gasteiger partial charge is 0.229 e. The fraction of sp³-hybridized carbons (Fsp3) is 0.286. The molecule has 1 fully saturated rings. The van der Waals surface area contributed by atoms with Crippen molar-refractivity contribution in [1.82, 2.24) is 14.9 Å². The molecule has 0 unspecified atom stereocenters. The lowest BCUT2D eigenvalue weighted by Gasteiger charge is -2.21. The predicted molar refractivity (Wildman–Crippen MR) is 109 cm³/mol. The van der Waals surface area contributed by atoms with Crippen LogP contribution in [0.15, 0.2) is 54.0 Å². The Balaban J connectivity index is 1.34. The van der Waals surface area contributed by atoms with E-state index in [4.69, 9.17) is 16.3 Å². The molecule has 1 aromatic carbocycles. The number of carbonyl (C=O) groups excluding carboxylic acids is 1. The summed E-state index contributed by atoms with van der Waals surface area (Å²) in [7, 11) is 0. The first-order valence-electron chi connectivity index (χ1n) is 9.18. The summed E-state index contributed by atoms with van der Waals surface area (Å²) in [5.74, 6) is 0.844. The minimum Gasteiger partial charge on any atom is -0.486 e. The number of rotatable bonds is 8. The monoisotopic (exact) mass is 413 g/mol. The van der Waals surface area contributed by atoms with Crippen LogP contribution in [0.2, 0.25) is 5.02 Å². The molecule has 1 saturated carbocycles. The summed E-state index contributed by atoms with van der Waals surface area (Å²) in [5, 5.41) is 3.46. The van der Waals surface area contributed by atoms with Crippen molar-refractivity contribution in [1.29, 1.82) is 0 Å². The summed E-state index contributed by atoms with van der Waals surface area (Å²) in [6, 6.07) is 13.4. The van der Waals surface area contributed by atoms with E-state index in [-0.39, 0.29) is 5.91 Å². The largest absolute Gasteiger partial charge is 0.486 e. The molecule has 144 valence electrons. The lowest BCUT2D eigenvalue weighted by atomic mass is 10.2. The average Bonchev–Trinajstić information content (AvgIpc) is 3.46. The summed E-state index contributed by atoms with van der Waals surface area (Å²) < 4.78 is 5.73. The van der Waals surface area contributed by atoms with Gasteiger partial charge in [-0.25, -0.2) is 4.98 Å². The van der Waals surface area contributed by atoms with Crippen LogP contribution in [0.4, 0.5) is 0 Å². The molecule has 0 bridgehead atoms. The average molecular weight is 414 g/mol. The fourth-order valence-corrected chi connectivity index (χ4v) is 3.73. The zero-order chi connectivity index (χ0) is 19.3. The Morgan fingerprint density at radius 1 is 1.18 bits per heavy atom. The van der Waals surface area contributed by atoms with Gasteiger partial charge in [-0.1, -0.05) is 17.7 Å². The van der Waals surface area contributed by atoms with E-state index < -0.39 is 0 Å². The van der Waals surface area contributed by atoms with Crippen LogP contribution < -0.4 is 4.74 Å². The van der Waals surface area contributed by atoms with Crippen LogP contribution in [-0.2, 0) is 24.4 Å². The highest BCUT2D eigenvalue weighted by atomic mass is 35.5. The van der Waals surface area contributed by atoms with Crippen molar-refractivity contribution in [3.05, 3.63) is 75.5 Å². The van der Waals surface area contributed by atoms with Crippen LogP contribution in [0.5, 0.6) is 5.75 Å². The number of carbonyl (C=O) groups is 1. The van der Waals surface area contributed by atoms with Crippen molar-refractivity contribution >= 4 is 28.8 Å². The number of halogens is 1. The van der Waals surface area contributed by atoms with Crippen LogP contribution in [0, 0.1) is 0 Å². The van der Waals surface area contributed by atoms with Crippen molar-refractivity contribution in [3.63, 3.8) is 0 Å². The first-order chi connectivity index (χ1) is 13.7. The maximum atomic E-state index is 12.8. The van der Waals surface area contributed by atoms with Gasteiger partial charge in [0.25, 0.3) is 0 Å². The molecule has 7 heteroatoms. The lowest BCUT2D eigenvalue weighted by molar-refractivity contribution is -0.131. The quantitative estimate of drug-likeness (QED) is 0.545. The number of amides is 1. The molecule has 0 N–H and O–H groups in total. The van der Waals surface area contributed by atoms with Gasteiger partial charge in [-0.15, -0.1) is 11.3 Å². The normalized spacial score (nSPS) is 13.3. The third kappa shape index (κ3) is 5.09. The highest BCUT2D eigenvalue weighted by Crippen LogP contribution is 2.29. The van der Waals surface area contributed by atoms with Crippen molar-refractivity contribution < 1.29 is 9.53 Å². The molecule has 1 amide bonds. The van der Waals surface area contributed by atoms with Crippen LogP contribution in [0.25, 0.3) is 0 Å². The molecule has 2 aromatic heterocycles. The zero-order valence-corrected chi connectivity index (χ0v) is 16.8. The topological polar surface area (TPSA) is 55.3 Å². The van der Waals surface area contributed by atoms with Gasteiger partial charge in [-0.2, -0.15) is 0 Å². The van der Waals surface area contributed by atoms with Crippen LogP contribution in [0.1, 0.15) is 29.2 Å². The minimum atomic E-state index is 0.101. The molecule has 3 aromatic rings. The van der Waals surface area contributed by atoms with Crippen molar-refractivity contribution in [2.75, 3.05) is 0 Å². The molecule has 1 aliphatic rings. The SMILES string of the molecule is O=C(Cc1csc(COc2ccc(Cl)cc2)n1)N(Cc1ccccn1)C1CC1. The van der Waals surface area contributed by atoms with Gasteiger partial charge < -0.3 is 9.64 Å². The van der Waals surface area contributed by atoms with Crippen molar-refractivity contribution in [2.45, 2.75) is 38.5 Å². The lowest BCUT2D eigenvalue weighted by Crippen LogP contribution is -2.34.